The first-order valence-corrected chi connectivity index (χ1v) is 6.44. The van der Waals surface area contributed by atoms with Crippen molar-refractivity contribution in [1.29, 1.82) is 0 Å². The van der Waals surface area contributed by atoms with Crippen molar-refractivity contribution in [2.75, 3.05) is 0 Å². The van der Waals surface area contributed by atoms with E-state index in [2.05, 4.69) is 22.8 Å². The predicted octanol–water partition coefficient (Wildman–Crippen LogP) is 2.36. The Morgan fingerprint density at radius 3 is 2.75 bits per heavy atom. The van der Waals surface area contributed by atoms with Gasteiger partial charge in [0.25, 0.3) is 0 Å². The summed E-state index contributed by atoms with van der Waals surface area (Å²) in [7, 11) is 2.13. The van der Waals surface area contributed by atoms with Crippen LogP contribution in [0.3, 0.4) is 0 Å². The third-order valence-corrected chi connectivity index (χ3v) is 3.65. The Morgan fingerprint density at radius 2 is 2.12 bits per heavy atom. The summed E-state index contributed by atoms with van der Waals surface area (Å²) in [6.07, 6.45) is 9.75. The molecule has 3 nitrogen and oxygen atoms in total. The van der Waals surface area contributed by atoms with Crippen LogP contribution in [0.1, 0.15) is 56.5 Å². The summed E-state index contributed by atoms with van der Waals surface area (Å²) in [6.45, 7) is 2.04. The van der Waals surface area contributed by atoms with Gasteiger partial charge < -0.3 is 10.3 Å². The molecule has 1 aromatic heterocycles. The van der Waals surface area contributed by atoms with Crippen LogP contribution >= 0.6 is 0 Å². The molecule has 1 heterocycles. The molecule has 0 saturated heterocycles. The van der Waals surface area contributed by atoms with Gasteiger partial charge in [0, 0.05) is 37.3 Å². The van der Waals surface area contributed by atoms with Crippen molar-refractivity contribution in [1.82, 2.24) is 9.55 Å². The van der Waals surface area contributed by atoms with E-state index in [0.29, 0.717) is 0 Å². The molecule has 2 N–H and O–H groups in total. The lowest BCUT2D eigenvalue weighted by molar-refractivity contribution is 0.427. The average molecular weight is 221 g/mol. The Balaban J connectivity index is 2.12. The van der Waals surface area contributed by atoms with Crippen molar-refractivity contribution in [3.63, 3.8) is 0 Å². The van der Waals surface area contributed by atoms with Crippen LogP contribution in [0.4, 0.5) is 0 Å². The number of nitrogens with two attached hydrogens (primary N) is 1. The van der Waals surface area contributed by atoms with Gasteiger partial charge in [-0.2, -0.15) is 0 Å². The fourth-order valence-corrected chi connectivity index (χ4v) is 2.72. The lowest BCUT2D eigenvalue weighted by atomic mass is 9.87. The van der Waals surface area contributed by atoms with Crippen molar-refractivity contribution in [3.05, 3.63) is 17.7 Å². The Kier molecular flexibility index (Phi) is 3.64. The van der Waals surface area contributed by atoms with Crippen molar-refractivity contribution < 1.29 is 0 Å². The van der Waals surface area contributed by atoms with E-state index in [-0.39, 0.29) is 6.04 Å². The normalized spacial score (nSPS) is 19.9. The van der Waals surface area contributed by atoms with Crippen molar-refractivity contribution in [2.45, 2.75) is 57.4 Å². The lowest BCUT2D eigenvalue weighted by Gasteiger charge is -2.22. The van der Waals surface area contributed by atoms with Crippen molar-refractivity contribution in [2.24, 2.45) is 12.8 Å². The van der Waals surface area contributed by atoms with Crippen LogP contribution in [-0.4, -0.2) is 15.6 Å². The van der Waals surface area contributed by atoms with Gasteiger partial charge in [0.1, 0.15) is 5.82 Å². The van der Waals surface area contributed by atoms with Gasteiger partial charge in [-0.1, -0.05) is 19.3 Å². The molecule has 0 aliphatic heterocycles. The van der Waals surface area contributed by atoms with Crippen LogP contribution in [0.2, 0.25) is 0 Å². The van der Waals surface area contributed by atoms with Crippen molar-refractivity contribution in [3.8, 4) is 0 Å². The van der Waals surface area contributed by atoms with E-state index in [4.69, 9.17) is 5.73 Å². The van der Waals surface area contributed by atoms with E-state index in [1.54, 1.807) is 0 Å². The standard InChI is InChI=1S/C13H23N3/c1-10(14)8-13-15-9-12(16(13)2)11-6-4-3-5-7-11/h9-11H,3-8,14H2,1-2H3. The lowest BCUT2D eigenvalue weighted by Crippen LogP contribution is -2.20. The summed E-state index contributed by atoms with van der Waals surface area (Å²) in [6, 6.07) is 0.195. The first-order valence-electron chi connectivity index (χ1n) is 6.44. The Morgan fingerprint density at radius 1 is 1.44 bits per heavy atom. The summed E-state index contributed by atoms with van der Waals surface area (Å²) >= 11 is 0. The van der Waals surface area contributed by atoms with Gasteiger partial charge in [-0.15, -0.1) is 0 Å². The maximum atomic E-state index is 5.83. The van der Waals surface area contributed by atoms with Crippen LogP contribution in [0.15, 0.2) is 6.20 Å². The zero-order chi connectivity index (χ0) is 11.5. The fourth-order valence-electron chi connectivity index (χ4n) is 2.72. The SMILES string of the molecule is CC(N)Cc1ncc(C2CCCCC2)n1C. The van der Waals surface area contributed by atoms with Gasteiger partial charge in [0.15, 0.2) is 0 Å². The van der Waals surface area contributed by atoms with E-state index in [9.17, 15) is 0 Å². The molecule has 1 aromatic rings. The van der Waals surface area contributed by atoms with E-state index in [1.807, 2.05) is 6.92 Å². The second-order valence-electron chi connectivity index (χ2n) is 5.17. The highest BCUT2D eigenvalue weighted by Crippen LogP contribution is 2.32. The van der Waals surface area contributed by atoms with Gasteiger partial charge in [0.05, 0.1) is 0 Å². The van der Waals surface area contributed by atoms with Crippen molar-refractivity contribution >= 4 is 0 Å². The topological polar surface area (TPSA) is 43.8 Å². The Bertz CT molecular complexity index is 335. The third-order valence-electron chi connectivity index (χ3n) is 3.65. The molecule has 3 heteroatoms. The highest BCUT2D eigenvalue weighted by Gasteiger charge is 2.19. The molecule has 16 heavy (non-hydrogen) atoms. The highest BCUT2D eigenvalue weighted by atomic mass is 15.1. The number of nitrogens with zero attached hydrogens (tertiary/aromatic N) is 2. The maximum Gasteiger partial charge on any atom is 0.110 e. The summed E-state index contributed by atoms with van der Waals surface area (Å²) < 4.78 is 2.26. The minimum Gasteiger partial charge on any atom is -0.335 e. The number of hydrogen-bond acceptors (Lipinski definition) is 2. The molecule has 0 spiro atoms. The molecule has 1 fully saturated rings. The molecule has 0 radical (unpaired) electrons. The van der Waals surface area contributed by atoms with Gasteiger partial charge in [-0.05, 0) is 19.8 Å². The average Bonchev–Trinajstić information content (AvgIpc) is 2.61. The third kappa shape index (κ3) is 2.46. The molecule has 1 unspecified atom stereocenters. The summed E-state index contributed by atoms with van der Waals surface area (Å²) in [4.78, 5) is 4.51. The summed E-state index contributed by atoms with van der Waals surface area (Å²) in [5, 5.41) is 0. The molecule has 0 aromatic carbocycles. The molecule has 90 valence electrons. The van der Waals surface area contributed by atoms with Crippen LogP contribution < -0.4 is 5.73 Å². The second-order valence-corrected chi connectivity index (χ2v) is 5.17. The van der Waals surface area contributed by atoms with Crippen LogP contribution in [0.25, 0.3) is 0 Å². The minimum atomic E-state index is 0.195. The molecule has 0 amide bonds. The molecule has 2 rings (SSSR count). The zero-order valence-corrected chi connectivity index (χ0v) is 10.4. The second kappa shape index (κ2) is 5.00. The fraction of sp³-hybridized carbons (Fsp3) is 0.769. The molecular formula is C13H23N3. The minimum absolute atomic E-state index is 0.195. The zero-order valence-electron chi connectivity index (χ0n) is 10.4. The molecule has 0 bridgehead atoms. The summed E-state index contributed by atoms with van der Waals surface area (Å²) in [5.74, 6) is 1.86. The highest BCUT2D eigenvalue weighted by molar-refractivity contribution is 5.12. The number of hydrogen-bond donors (Lipinski definition) is 1. The smallest absolute Gasteiger partial charge is 0.110 e. The predicted molar refractivity (Wildman–Crippen MR) is 66.4 cm³/mol. The Hall–Kier alpha value is -0.830. The van der Waals surface area contributed by atoms with E-state index in [1.165, 1.54) is 37.8 Å². The number of rotatable bonds is 3. The maximum absolute atomic E-state index is 5.83. The van der Waals surface area contributed by atoms with Gasteiger partial charge in [0.2, 0.25) is 0 Å². The largest absolute Gasteiger partial charge is 0.335 e. The monoisotopic (exact) mass is 221 g/mol. The van der Waals surface area contributed by atoms with Gasteiger partial charge in [-0.25, -0.2) is 4.98 Å². The van der Waals surface area contributed by atoms with Crippen LogP contribution in [0.5, 0.6) is 0 Å². The van der Waals surface area contributed by atoms with E-state index >= 15 is 0 Å². The molecule has 1 aliphatic rings. The number of aromatic nitrogens is 2. The van der Waals surface area contributed by atoms with Gasteiger partial charge in [-0.3, -0.25) is 0 Å². The van der Waals surface area contributed by atoms with Crippen LogP contribution in [-0.2, 0) is 13.5 Å². The number of imidazole rings is 1. The molecular weight excluding hydrogens is 198 g/mol. The molecule has 1 aliphatic carbocycles. The summed E-state index contributed by atoms with van der Waals surface area (Å²) in [5.41, 5.74) is 7.24. The molecule has 1 atom stereocenters. The quantitative estimate of drug-likeness (QED) is 0.851. The first-order chi connectivity index (χ1) is 7.68. The van der Waals surface area contributed by atoms with Gasteiger partial charge >= 0.3 is 0 Å². The molecule has 1 saturated carbocycles. The Labute approximate surface area is 98.1 Å². The van der Waals surface area contributed by atoms with E-state index < -0.39 is 0 Å². The first kappa shape index (κ1) is 11.6. The van der Waals surface area contributed by atoms with Crippen LogP contribution in [0, 0.1) is 0 Å². The van der Waals surface area contributed by atoms with E-state index in [0.717, 1.165) is 18.2 Å².